The van der Waals surface area contributed by atoms with E-state index >= 15 is 0 Å². The summed E-state index contributed by atoms with van der Waals surface area (Å²) < 4.78 is 19.4. The average Bonchev–Trinajstić information content (AvgIpc) is 2.63. The normalized spacial score (nSPS) is 11.1. The number of ether oxygens (including phenoxy) is 1. The van der Waals surface area contributed by atoms with E-state index in [1.54, 1.807) is 19.2 Å². The summed E-state index contributed by atoms with van der Waals surface area (Å²) in [4.78, 5) is 6.25. The topological polar surface area (TPSA) is 48.9 Å². The number of hydrogen-bond donors (Lipinski definition) is 2. The van der Waals surface area contributed by atoms with Crippen LogP contribution in [0, 0.1) is 5.82 Å². The van der Waals surface area contributed by atoms with Gasteiger partial charge in [0, 0.05) is 32.2 Å². The molecule has 5 nitrogen and oxygen atoms in total. The second kappa shape index (κ2) is 12.5. The molecular weight excluding hydrogens is 458 g/mol. The van der Waals surface area contributed by atoms with E-state index in [1.165, 1.54) is 6.07 Å². The van der Waals surface area contributed by atoms with Gasteiger partial charge in [0.15, 0.2) is 5.96 Å². The fourth-order valence-electron chi connectivity index (χ4n) is 2.32. The quantitative estimate of drug-likeness (QED) is 0.342. The van der Waals surface area contributed by atoms with Crippen molar-refractivity contribution in [2.45, 2.75) is 13.1 Å². The summed E-state index contributed by atoms with van der Waals surface area (Å²) in [5.41, 5.74) is 1.69. The van der Waals surface area contributed by atoms with Crippen molar-refractivity contribution < 1.29 is 9.13 Å². The Hall–Kier alpha value is -1.87. The molecule has 0 unspecified atom stereocenters. The highest BCUT2D eigenvalue weighted by molar-refractivity contribution is 14.0. The molecule has 0 amide bonds. The van der Waals surface area contributed by atoms with E-state index in [4.69, 9.17) is 4.74 Å². The molecule has 0 atom stereocenters. The third-order valence-electron chi connectivity index (χ3n) is 3.79. The molecule has 0 aromatic heterocycles. The second-order valence-electron chi connectivity index (χ2n) is 6.17. The molecule has 7 heteroatoms. The van der Waals surface area contributed by atoms with Crippen LogP contribution in [-0.4, -0.2) is 45.2 Å². The number of benzene rings is 2. The van der Waals surface area contributed by atoms with Crippen molar-refractivity contribution in [2.24, 2.45) is 4.99 Å². The van der Waals surface area contributed by atoms with Gasteiger partial charge in [-0.2, -0.15) is 0 Å². The number of aliphatic imine (C=N–C) groups is 1. The van der Waals surface area contributed by atoms with Crippen LogP contribution in [0.5, 0.6) is 5.75 Å². The first-order chi connectivity index (χ1) is 12.6. The van der Waals surface area contributed by atoms with E-state index in [2.05, 4.69) is 20.5 Å². The van der Waals surface area contributed by atoms with Crippen molar-refractivity contribution in [1.29, 1.82) is 0 Å². The number of hydrogen-bond acceptors (Lipinski definition) is 3. The van der Waals surface area contributed by atoms with Gasteiger partial charge < -0.3 is 20.3 Å². The van der Waals surface area contributed by atoms with Gasteiger partial charge in [-0.25, -0.2) is 4.39 Å². The van der Waals surface area contributed by atoms with Gasteiger partial charge in [0.25, 0.3) is 0 Å². The smallest absolute Gasteiger partial charge is 0.191 e. The Morgan fingerprint density at radius 2 is 1.81 bits per heavy atom. The molecule has 0 aliphatic rings. The molecule has 0 spiro atoms. The Labute approximate surface area is 178 Å². The first-order valence-corrected chi connectivity index (χ1v) is 8.63. The second-order valence-corrected chi connectivity index (χ2v) is 6.17. The van der Waals surface area contributed by atoms with Crippen LogP contribution in [0.1, 0.15) is 11.1 Å². The minimum absolute atomic E-state index is 0. The maximum Gasteiger partial charge on any atom is 0.191 e. The van der Waals surface area contributed by atoms with Gasteiger partial charge in [0.1, 0.15) is 18.2 Å². The molecule has 0 saturated heterocycles. The highest BCUT2D eigenvalue weighted by Crippen LogP contribution is 2.13. The van der Waals surface area contributed by atoms with E-state index in [1.807, 2.05) is 44.4 Å². The zero-order chi connectivity index (χ0) is 18.8. The summed E-state index contributed by atoms with van der Waals surface area (Å²) in [6.07, 6.45) is 0. The lowest BCUT2D eigenvalue weighted by Gasteiger charge is -2.14. The zero-order valence-electron chi connectivity index (χ0n) is 16.0. The molecule has 2 aromatic rings. The first-order valence-electron chi connectivity index (χ1n) is 8.63. The minimum atomic E-state index is -0.224. The van der Waals surface area contributed by atoms with E-state index in [0.717, 1.165) is 17.9 Å². The molecule has 2 rings (SSSR count). The van der Waals surface area contributed by atoms with Gasteiger partial charge in [-0.3, -0.25) is 4.99 Å². The van der Waals surface area contributed by atoms with Crippen LogP contribution >= 0.6 is 24.0 Å². The van der Waals surface area contributed by atoms with Crippen molar-refractivity contribution in [3.63, 3.8) is 0 Å². The van der Waals surface area contributed by atoms with Gasteiger partial charge in [-0.1, -0.05) is 30.3 Å². The number of guanidine groups is 1. The highest BCUT2D eigenvalue weighted by atomic mass is 127. The molecule has 0 aliphatic carbocycles. The zero-order valence-corrected chi connectivity index (χ0v) is 18.4. The Morgan fingerprint density at radius 1 is 1.07 bits per heavy atom. The number of likely N-dealkylation sites (N-methyl/N-ethyl adjacent to an activating group) is 1. The van der Waals surface area contributed by atoms with E-state index in [9.17, 15) is 4.39 Å². The Balaban J connectivity index is 0.00000364. The standard InChI is InChI=1S/C20H27FN4O.HI/c1-22-20(24-15-17-8-4-5-10-19(17)21)23-14-16-7-6-9-18(13-16)26-12-11-25(2)3;/h4-10,13H,11-12,14-15H2,1-3H3,(H2,22,23,24);1H. The lowest BCUT2D eigenvalue weighted by molar-refractivity contribution is 0.261. The number of nitrogens with zero attached hydrogens (tertiary/aromatic N) is 2. The summed E-state index contributed by atoms with van der Waals surface area (Å²) in [5, 5.41) is 6.35. The average molecular weight is 486 g/mol. The summed E-state index contributed by atoms with van der Waals surface area (Å²) in [7, 11) is 5.73. The minimum Gasteiger partial charge on any atom is -0.492 e. The summed E-state index contributed by atoms with van der Waals surface area (Å²) in [6, 6.07) is 14.7. The molecule has 0 aliphatic heterocycles. The highest BCUT2D eigenvalue weighted by Gasteiger charge is 2.03. The van der Waals surface area contributed by atoms with Crippen LogP contribution in [0.3, 0.4) is 0 Å². The molecule has 0 bridgehead atoms. The molecule has 0 heterocycles. The van der Waals surface area contributed by atoms with Crippen molar-refractivity contribution in [3.05, 3.63) is 65.5 Å². The van der Waals surface area contributed by atoms with Gasteiger partial charge in [-0.05, 0) is 37.9 Å². The first kappa shape index (κ1) is 23.2. The van der Waals surface area contributed by atoms with E-state index in [0.29, 0.717) is 31.2 Å². The summed E-state index contributed by atoms with van der Waals surface area (Å²) in [6.45, 7) is 2.49. The fourth-order valence-corrected chi connectivity index (χ4v) is 2.32. The van der Waals surface area contributed by atoms with Crippen LogP contribution in [-0.2, 0) is 13.1 Å². The molecule has 27 heavy (non-hydrogen) atoms. The van der Waals surface area contributed by atoms with Gasteiger partial charge >= 0.3 is 0 Å². The van der Waals surface area contributed by atoms with Gasteiger partial charge in [-0.15, -0.1) is 24.0 Å². The predicted molar refractivity (Wildman–Crippen MR) is 119 cm³/mol. The largest absolute Gasteiger partial charge is 0.492 e. The van der Waals surface area contributed by atoms with Crippen molar-refractivity contribution in [1.82, 2.24) is 15.5 Å². The molecule has 0 saturated carbocycles. The maximum atomic E-state index is 13.7. The van der Waals surface area contributed by atoms with Crippen LogP contribution in [0.15, 0.2) is 53.5 Å². The van der Waals surface area contributed by atoms with E-state index < -0.39 is 0 Å². The Kier molecular flexibility index (Phi) is 10.7. The number of nitrogens with one attached hydrogen (secondary N) is 2. The van der Waals surface area contributed by atoms with Crippen LogP contribution in [0.4, 0.5) is 4.39 Å². The van der Waals surface area contributed by atoms with Gasteiger partial charge in [0.2, 0.25) is 0 Å². The van der Waals surface area contributed by atoms with Crippen LogP contribution in [0.2, 0.25) is 0 Å². The molecule has 148 valence electrons. The maximum absolute atomic E-state index is 13.7. The monoisotopic (exact) mass is 486 g/mol. The molecular formula is C20H28FIN4O. The Morgan fingerprint density at radius 3 is 2.52 bits per heavy atom. The van der Waals surface area contributed by atoms with Gasteiger partial charge in [0.05, 0.1) is 0 Å². The molecule has 2 aromatic carbocycles. The van der Waals surface area contributed by atoms with Crippen LogP contribution in [0.25, 0.3) is 0 Å². The third kappa shape index (κ3) is 8.57. The number of rotatable bonds is 8. The third-order valence-corrected chi connectivity index (χ3v) is 3.79. The van der Waals surface area contributed by atoms with Crippen molar-refractivity contribution in [3.8, 4) is 5.75 Å². The molecule has 2 N–H and O–H groups in total. The number of halogens is 2. The summed E-state index contributed by atoms with van der Waals surface area (Å²) >= 11 is 0. The SMILES string of the molecule is CN=C(NCc1cccc(OCCN(C)C)c1)NCc1ccccc1F.I. The van der Waals surface area contributed by atoms with E-state index in [-0.39, 0.29) is 29.8 Å². The lowest BCUT2D eigenvalue weighted by Crippen LogP contribution is -2.36. The fraction of sp³-hybridized carbons (Fsp3) is 0.350. The lowest BCUT2D eigenvalue weighted by atomic mass is 10.2. The molecule has 0 radical (unpaired) electrons. The van der Waals surface area contributed by atoms with Crippen molar-refractivity contribution in [2.75, 3.05) is 34.3 Å². The molecule has 0 fully saturated rings. The Bertz CT molecular complexity index is 725. The van der Waals surface area contributed by atoms with Crippen molar-refractivity contribution >= 4 is 29.9 Å². The predicted octanol–water partition coefficient (Wildman–Crippen LogP) is 3.25. The summed E-state index contributed by atoms with van der Waals surface area (Å²) in [5.74, 6) is 1.24. The van der Waals surface area contributed by atoms with Crippen LogP contribution < -0.4 is 15.4 Å².